The molecule has 0 bridgehead atoms. The second-order valence-corrected chi connectivity index (χ2v) is 38.0. The van der Waals surface area contributed by atoms with Gasteiger partial charge in [0.1, 0.15) is 22.3 Å². The van der Waals surface area contributed by atoms with Crippen LogP contribution in [0.2, 0.25) is 0 Å². The molecule has 3 aromatic heterocycles. The van der Waals surface area contributed by atoms with Crippen LogP contribution in [0, 0.1) is 0 Å². The lowest BCUT2D eigenvalue weighted by atomic mass is 9.98. The van der Waals surface area contributed by atoms with Gasteiger partial charge < -0.3 is 23.1 Å². The Hall–Kier alpha value is -15.1. The van der Waals surface area contributed by atoms with Crippen LogP contribution in [0.15, 0.2) is 486 Å². The van der Waals surface area contributed by atoms with Gasteiger partial charge in [-0.2, -0.15) is 0 Å². The Morgan fingerprint density at radius 1 is 0.168 bits per heavy atom. The Kier molecular flexibility index (Phi) is 18.6. The van der Waals surface area contributed by atoms with Crippen LogP contribution in [0.4, 0.5) is 34.1 Å². The van der Waals surface area contributed by atoms with Gasteiger partial charge >= 0.3 is 0 Å². The van der Waals surface area contributed by atoms with Gasteiger partial charge in [0.25, 0.3) is 0 Å². The quantitative estimate of drug-likeness (QED) is 0.0672. The van der Waals surface area contributed by atoms with Gasteiger partial charge in [0.2, 0.25) is 0 Å². The van der Waals surface area contributed by atoms with Gasteiger partial charge in [-0.15, -0.1) is 0 Å². The lowest BCUT2D eigenvalue weighted by Gasteiger charge is -2.35. The molecule has 7 heteroatoms. The molecule has 0 aliphatic heterocycles. The Morgan fingerprint density at radius 3 is 0.924 bits per heavy atom. The molecule has 22 rings (SSSR count). The molecule has 0 fully saturated rings. The maximum absolute atomic E-state index is 7.11. The molecule has 0 unspecified atom stereocenters. The third kappa shape index (κ3) is 12.6. The number of rotatable bonds is 17. The zero-order valence-corrected chi connectivity index (χ0v) is 67.2. The largest absolute Gasteiger partial charge is 0.456 e. The average Bonchev–Trinajstić information content (AvgIpc) is 1.24. The van der Waals surface area contributed by atoms with Gasteiger partial charge in [0.05, 0.1) is 17.1 Å². The highest BCUT2D eigenvalue weighted by molar-refractivity contribution is 7.20. The summed E-state index contributed by atoms with van der Waals surface area (Å²) in [4.78, 5) is 4.74. The third-order valence-electron chi connectivity index (χ3n) is 23.8. The first kappa shape index (κ1) is 71.6. The smallest absolute Gasteiger partial charge is 0.179 e. The number of furan rings is 3. The van der Waals surface area contributed by atoms with Crippen LogP contribution >= 0.6 is 0 Å². The zero-order valence-electron chi connectivity index (χ0n) is 65.2. The van der Waals surface area contributed by atoms with E-state index in [1.165, 1.54) is 63.4 Å². The molecular weight excluding hydrogens is 1480 g/mol. The minimum Gasteiger partial charge on any atom is -0.456 e. The van der Waals surface area contributed by atoms with Crippen LogP contribution < -0.4 is 51.3 Å². The van der Waals surface area contributed by atoms with Gasteiger partial charge in [0.15, 0.2) is 27.3 Å². The standard InChI is InChI=1S/C58H41NOSi.C54H37NO2Si/c1-5-19-43(20-6-1)53-33-17-34-54-55-35-18-36-56(58(55)60-57(53)54)59(45-39-37-44(38-40-45)52-32-15-22-42-21-13-14-31-51(42)52)46-23-16-30-50(41-46)61(47-24-7-2-8-25-47,48-26-9-3-10-27-48)49-28-11-4-12-29-49;1-5-18-38(19-6-1)45-29-16-30-48-49-31-17-32-50(54(49)57-53(45)48)55(40-34-35-47-46-28-13-14-33-51(46)56-52(47)37-40)39-20-15-27-44(36-39)58(41-21-7-2-8-22-41,42-23-9-3-10-24-42)43-25-11-4-12-26-43/h1-41H;1-37H. The zero-order chi connectivity index (χ0) is 79.1. The van der Waals surface area contributed by atoms with E-state index >= 15 is 0 Å². The normalized spacial score (nSPS) is 11.7. The molecule has 0 spiro atoms. The first-order valence-corrected chi connectivity index (χ1v) is 44.7. The van der Waals surface area contributed by atoms with E-state index in [9.17, 15) is 0 Å². The van der Waals surface area contributed by atoms with Gasteiger partial charge in [0, 0.05) is 66.6 Å². The highest BCUT2D eigenvalue weighted by atomic mass is 28.3. The van der Waals surface area contributed by atoms with Crippen LogP contribution in [0.1, 0.15) is 0 Å². The van der Waals surface area contributed by atoms with Crippen molar-refractivity contribution in [2.45, 2.75) is 0 Å². The van der Waals surface area contributed by atoms with E-state index in [0.29, 0.717) is 0 Å². The molecule has 19 aromatic carbocycles. The second kappa shape index (κ2) is 30.9. The van der Waals surface area contributed by atoms with E-state index in [1.807, 2.05) is 12.1 Å². The predicted octanol–water partition coefficient (Wildman–Crippen LogP) is 24.9. The average molecular weight is 1560 g/mol. The Bertz CT molecular complexity index is 7210. The molecule has 119 heavy (non-hydrogen) atoms. The molecule has 0 amide bonds. The van der Waals surface area contributed by atoms with Crippen molar-refractivity contribution in [3.8, 4) is 33.4 Å². The second-order valence-electron chi connectivity index (χ2n) is 30.4. The minimum absolute atomic E-state index is 0.827. The Labute approximate surface area is 693 Å². The fourth-order valence-corrected chi connectivity index (χ4v) is 28.1. The lowest BCUT2D eigenvalue weighted by Crippen LogP contribution is -2.74. The molecule has 3 heterocycles. The summed E-state index contributed by atoms with van der Waals surface area (Å²) in [5, 5.41) is 19.6. The summed E-state index contributed by atoms with van der Waals surface area (Å²) in [6.45, 7) is 0. The van der Waals surface area contributed by atoms with Crippen molar-refractivity contribution >= 4 is 168 Å². The molecule has 0 radical (unpaired) electrons. The van der Waals surface area contributed by atoms with Crippen molar-refractivity contribution in [3.63, 3.8) is 0 Å². The van der Waals surface area contributed by atoms with Gasteiger partial charge in [-0.3, -0.25) is 0 Å². The molecule has 5 nitrogen and oxygen atoms in total. The van der Waals surface area contributed by atoms with Crippen LogP contribution in [-0.4, -0.2) is 16.1 Å². The number of hydrogen-bond acceptors (Lipinski definition) is 5. The number of hydrogen-bond donors (Lipinski definition) is 0. The number of nitrogens with zero attached hydrogens (tertiary/aromatic N) is 2. The maximum atomic E-state index is 7.11. The molecule has 0 aliphatic rings. The van der Waals surface area contributed by atoms with Gasteiger partial charge in [-0.05, 0) is 141 Å². The molecule has 0 saturated carbocycles. The molecule has 0 N–H and O–H groups in total. The Balaban J connectivity index is 0.000000148. The first-order valence-electron chi connectivity index (χ1n) is 40.7. The van der Waals surface area contributed by atoms with Gasteiger partial charge in [-0.1, -0.05) is 400 Å². The van der Waals surface area contributed by atoms with Crippen LogP contribution in [-0.2, 0) is 0 Å². The summed E-state index contributed by atoms with van der Waals surface area (Å²) in [5.41, 5.74) is 18.0. The van der Waals surface area contributed by atoms with E-state index in [-0.39, 0.29) is 0 Å². The number of para-hydroxylation sites is 5. The predicted molar refractivity (Wildman–Crippen MR) is 505 cm³/mol. The van der Waals surface area contributed by atoms with Crippen LogP contribution in [0.5, 0.6) is 0 Å². The van der Waals surface area contributed by atoms with Crippen LogP contribution in [0.25, 0.3) is 110 Å². The number of anilines is 6. The fraction of sp³-hybridized carbons (Fsp3) is 0. The van der Waals surface area contributed by atoms with Crippen molar-refractivity contribution in [1.82, 2.24) is 0 Å². The van der Waals surface area contributed by atoms with Crippen molar-refractivity contribution in [2.75, 3.05) is 9.80 Å². The maximum Gasteiger partial charge on any atom is 0.179 e. The summed E-state index contributed by atoms with van der Waals surface area (Å²) >= 11 is 0. The van der Waals surface area contributed by atoms with E-state index in [2.05, 4.69) is 471 Å². The van der Waals surface area contributed by atoms with Gasteiger partial charge in [-0.25, -0.2) is 0 Å². The monoisotopic (exact) mass is 1550 g/mol. The summed E-state index contributed by atoms with van der Waals surface area (Å²) in [6.07, 6.45) is 0. The highest BCUT2D eigenvalue weighted by Crippen LogP contribution is 2.48. The first-order chi connectivity index (χ1) is 59.0. The summed E-state index contributed by atoms with van der Waals surface area (Å²) in [6, 6.07) is 171. The molecular formula is C112H78N2O3Si2. The van der Waals surface area contributed by atoms with E-state index < -0.39 is 16.1 Å². The lowest BCUT2D eigenvalue weighted by molar-refractivity contribution is 0.668. The fourth-order valence-electron chi connectivity index (χ4n) is 18.5. The summed E-state index contributed by atoms with van der Waals surface area (Å²) in [7, 11) is -5.67. The van der Waals surface area contributed by atoms with Crippen molar-refractivity contribution < 1.29 is 13.3 Å². The van der Waals surface area contributed by atoms with Crippen molar-refractivity contribution in [2.24, 2.45) is 0 Å². The highest BCUT2D eigenvalue weighted by Gasteiger charge is 2.44. The topological polar surface area (TPSA) is 45.9 Å². The minimum atomic E-state index is -2.84. The molecule has 0 aliphatic carbocycles. The molecule has 0 atom stereocenters. The van der Waals surface area contributed by atoms with E-state index in [1.54, 1.807) is 0 Å². The third-order valence-corrected chi connectivity index (χ3v) is 33.4. The van der Waals surface area contributed by atoms with E-state index in [0.717, 1.165) is 122 Å². The molecule has 562 valence electrons. The summed E-state index contributed by atoms with van der Waals surface area (Å²) < 4.78 is 20.7. The van der Waals surface area contributed by atoms with E-state index in [4.69, 9.17) is 13.3 Å². The molecule has 0 saturated heterocycles. The number of fused-ring (bicyclic) bond motifs is 10. The molecule has 22 aromatic rings. The van der Waals surface area contributed by atoms with Crippen LogP contribution in [0.3, 0.4) is 0 Å². The van der Waals surface area contributed by atoms with Crippen molar-refractivity contribution in [1.29, 1.82) is 0 Å². The SMILES string of the molecule is c1ccc(-c2cccc3c2oc2c(N(c4ccc(-c5cccc6ccccc56)cc4)c4cccc([Si](c5ccccc5)(c5ccccc5)c5ccccc5)c4)cccc23)cc1.c1ccc(-c2cccc3c2oc2c(N(c4cccc([Si](c5ccccc5)(c5ccccc5)c5ccccc5)c4)c4ccc5c(c4)oc4ccccc45)cccc23)cc1. The van der Waals surface area contributed by atoms with Crippen molar-refractivity contribution in [3.05, 3.63) is 473 Å². The summed E-state index contributed by atoms with van der Waals surface area (Å²) in [5.74, 6) is 0. The Morgan fingerprint density at radius 2 is 0.471 bits per heavy atom. The number of benzene rings is 19.